The Morgan fingerprint density at radius 2 is 1.73 bits per heavy atom. The molecule has 1 amide bonds. The van der Waals surface area contributed by atoms with Gasteiger partial charge in [0.1, 0.15) is 47.9 Å². The van der Waals surface area contributed by atoms with Gasteiger partial charge in [-0.2, -0.15) is 4.57 Å². The molecule has 21 nitrogen and oxygen atoms in total. The quantitative estimate of drug-likeness (QED) is 0.0768. The van der Waals surface area contributed by atoms with E-state index in [1.165, 1.54) is 40.0 Å². The number of hydrogen-bond acceptors (Lipinski definition) is 17. The van der Waals surface area contributed by atoms with Crippen LogP contribution >= 0.6 is 15.6 Å². The van der Waals surface area contributed by atoms with Gasteiger partial charge in [0.15, 0.2) is 36.2 Å². The number of primary amides is 1. The van der Waals surface area contributed by atoms with Gasteiger partial charge in [-0.05, 0) is 6.07 Å². The van der Waals surface area contributed by atoms with Crippen molar-refractivity contribution in [3.8, 4) is 0 Å². The average Bonchev–Trinajstić information content (AvgIpc) is 3.61. The minimum Gasteiger partial charge on any atom is -0.756 e. The molecule has 0 aliphatic carbocycles. The highest BCUT2D eigenvalue weighted by Crippen LogP contribution is 2.58. The normalized spacial score (nSPS) is 31.6. The van der Waals surface area contributed by atoms with Crippen molar-refractivity contribution in [3.63, 3.8) is 0 Å². The Kier molecular flexibility index (Phi) is 9.13. The molecule has 10 atom stereocenters. The molecule has 2 aliphatic rings. The van der Waals surface area contributed by atoms with Crippen LogP contribution in [0.5, 0.6) is 0 Å². The third-order valence-corrected chi connectivity index (χ3v) is 9.30. The number of amides is 1. The first kappa shape index (κ1) is 32.4. The fourth-order valence-electron chi connectivity index (χ4n) is 4.57. The number of pyridine rings is 1. The lowest BCUT2D eigenvalue weighted by molar-refractivity contribution is -0.765. The molecule has 0 bridgehead atoms. The zero-order chi connectivity index (χ0) is 32.0. The Morgan fingerprint density at radius 1 is 1.05 bits per heavy atom. The van der Waals surface area contributed by atoms with Gasteiger partial charge in [-0.3, -0.25) is 18.5 Å². The number of rotatable bonds is 11. The minimum absolute atomic E-state index is 0.0446. The van der Waals surface area contributed by atoms with E-state index >= 15 is 0 Å². The number of aliphatic hydroxyl groups is 4. The van der Waals surface area contributed by atoms with E-state index in [2.05, 4.69) is 28.3 Å². The molecule has 23 heteroatoms. The second kappa shape index (κ2) is 12.4. The molecular weight excluding hydrogens is 636 g/mol. The standard InChI is InChI=1S/C21H27N7O14P2/c22-17-12-19(25-7-24-17)28(8-26-12)21-16(32)14(30)11(41-21)6-39-44(36,37)42-43(34,35)38-5-10-13(29)15(31)20(40-10)27-3-1-2-9(4-27)18(23)33/h1-4,7-8,10-11,13-16,20-21,29-32H,5-6H2,(H5-,22,23,24,25,33,34,35,36,37)/t10-,11+,13?,14-,15+,16?,20-,21+/m1/s1. The van der Waals surface area contributed by atoms with Crippen LogP contribution in [0.2, 0.25) is 0 Å². The number of hydrogen-bond donors (Lipinski definition) is 7. The van der Waals surface area contributed by atoms with Gasteiger partial charge in [-0.25, -0.2) is 23.8 Å². The number of carbonyl (C=O) groups excluding carboxylic acids is 1. The van der Waals surface area contributed by atoms with Gasteiger partial charge >= 0.3 is 7.82 Å². The van der Waals surface area contributed by atoms with Crippen molar-refractivity contribution in [3.05, 3.63) is 42.7 Å². The van der Waals surface area contributed by atoms with Gasteiger partial charge in [-0.15, -0.1) is 0 Å². The summed E-state index contributed by atoms with van der Waals surface area (Å²) < 4.78 is 51.5. The first-order chi connectivity index (χ1) is 20.7. The maximum Gasteiger partial charge on any atom is 0.478 e. The van der Waals surface area contributed by atoms with E-state index in [-0.39, 0.29) is 22.5 Å². The van der Waals surface area contributed by atoms with Gasteiger partial charge in [0.05, 0.1) is 19.5 Å². The number of imidazole rings is 1. The molecule has 5 rings (SSSR count). The summed E-state index contributed by atoms with van der Waals surface area (Å²) in [4.78, 5) is 45.5. The molecule has 2 fully saturated rings. The molecule has 3 aromatic heterocycles. The Balaban J connectivity index is 1.16. The number of nitrogen functional groups attached to an aromatic ring is 1. The van der Waals surface area contributed by atoms with Crippen LogP contribution in [0.25, 0.3) is 11.2 Å². The number of fused-ring (bicyclic) bond motifs is 1. The number of aromatic nitrogens is 5. The Bertz CT molecular complexity index is 1630. The van der Waals surface area contributed by atoms with Gasteiger partial charge in [0.2, 0.25) is 0 Å². The number of ether oxygens (including phenoxy) is 2. The zero-order valence-electron chi connectivity index (χ0n) is 22.2. The van der Waals surface area contributed by atoms with Crippen molar-refractivity contribution in [2.45, 2.75) is 49.1 Å². The fraction of sp³-hybridized carbons (Fsp3) is 0.476. The molecule has 0 aromatic carbocycles. The van der Waals surface area contributed by atoms with Gasteiger partial charge in [0, 0.05) is 6.07 Å². The highest BCUT2D eigenvalue weighted by atomic mass is 31.3. The summed E-state index contributed by atoms with van der Waals surface area (Å²) >= 11 is 0. The van der Waals surface area contributed by atoms with Crippen LogP contribution in [-0.2, 0) is 32.0 Å². The van der Waals surface area contributed by atoms with Crippen molar-refractivity contribution in [1.82, 2.24) is 19.5 Å². The van der Waals surface area contributed by atoms with E-state index in [0.29, 0.717) is 0 Å². The highest BCUT2D eigenvalue weighted by Gasteiger charge is 2.49. The van der Waals surface area contributed by atoms with Crippen LogP contribution in [0.4, 0.5) is 5.82 Å². The second-order valence-corrected chi connectivity index (χ2v) is 12.7. The smallest absolute Gasteiger partial charge is 0.478 e. The summed E-state index contributed by atoms with van der Waals surface area (Å²) in [6.45, 7) is -1.89. The Hall–Kier alpha value is -3.01. The van der Waals surface area contributed by atoms with Crippen LogP contribution in [-0.4, -0.2) is 101 Å². The molecule has 0 saturated carbocycles. The van der Waals surface area contributed by atoms with Crippen LogP contribution in [0.3, 0.4) is 0 Å². The van der Waals surface area contributed by atoms with E-state index in [0.717, 1.165) is 6.33 Å². The number of nitrogens with two attached hydrogens (primary N) is 2. The predicted octanol–water partition coefficient (Wildman–Crippen LogP) is -3.65. The van der Waals surface area contributed by atoms with Crippen LogP contribution in [0.15, 0.2) is 37.2 Å². The Morgan fingerprint density at radius 3 is 2.45 bits per heavy atom. The number of phosphoric ester groups is 2. The zero-order valence-corrected chi connectivity index (χ0v) is 24.0. The third kappa shape index (κ3) is 6.65. The van der Waals surface area contributed by atoms with Gasteiger partial charge in [0.25, 0.3) is 20.0 Å². The molecule has 0 radical (unpaired) electrons. The average molecular weight is 663 g/mol. The van der Waals surface area contributed by atoms with Gasteiger partial charge < -0.3 is 55.7 Å². The molecular formula is C21H27N7O14P2. The largest absolute Gasteiger partial charge is 0.756 e. The molecule has 5 heterocycles. The summed E-state index contributed by atoms with van der Waals surface area (Å²) in [5.74, 6) is -0.729. The lowest BCUT2D eigenvalue weighted by atomic mass is 10.1. The van der Waals surface area contributed by atoms with Crippen molar-refractivity contribution in [2.24, 2.45) is 5.73 Å². The summed E-state index contributed by atoms with van der Waals surface area (Å²) in [5.41, 5.74) is 11.4. The number of phosphoric acid groups is 2. The van der Waals surface area contributed by atoms with E-state index in [1.807, 2.05) is 0 Å². The molecule has 2 saturated heterocycles. The number of nitrogens with zero attached hydrogens (tertiary/aromatic N) is 5. The van der Waals surface area contributed by atoms with Crippen molar-refractivity contribution >= 4 is 38.5 Å². The maximum absolute atomic E-state index is 12.4. The molecule has 2 aliphatic heterocycles. The predicted molar refractivity (Wildman–Crippen MR) is 137 cm³/mol. The highest BCUT2D eigenvalue weighted by molar-refractivity contribution is 7.60. The number of carbonyl (C=O) groups is 1. The maximum atomic E-state index is 12.4. The molecule has 4 unspecified atom stereocenters. The molecule has 44 heavy (non-hydrogen) atoms. The molecule has 9 N–H and O–H groups in total. The van der Waals surface area contributed by atoms with Crippen molar-refractivity contribution < 1.29 is 71.5 Å². The lowest BCUT2D eigenvalue weighted by Gasteiger charge is -2.26. The molecule has 0 spiro atoms. The van der Waals surface area contributed by atoms with E-state index in [1.54, 1.807) is 0 Å². The first-order valence-corrected chi connectivity index (χ1v) is 15.5. The van der Waals surface area contributed by atoms with Crippen molar-refractivity contribution in [1.29, 1.82) is 0 Å². The van der Waals surface area contributed by atoms with Gasteiger partial charge in [-0.1, -0.05) is 0 Å². The number of aliphatic hydroxyl groups excluding tert-OH is 4. The Labute approximate surface area is 246 Å². The molecule has 240 valence electrons. The molecule has 3 aromatic rings. The van der Waals surface area contributed by atoms with E-state index < -0.39 is 83.8 Å². The fourth-order valence-corrected chi connectivity index (χ4v) is 6.62. The van der Waals surface area contributed by atoms with Crippen molar-refractivity contribution in [2.75, 3.05) is 18.9 Å². The minimum atomic E-state index is -5.62. The summed E-state index contributed by atoms with van der Waals surface area (Å²) in [5, 5.41) is 41.6. The summed E-state index contributed by atoms with van der Waals surface area (Å²) in [6.07, 6.45) is -7.05. The second-order valence-electron chi connectivity index (χ2n) is 9.67. The van der Waals surface area contributed by atoms with Crippen LogP contribution in [0.1, 0.15) is 22.8 Å². The first-order valence-electron chi connectivity index (χ1n) is 12.6. The van der Waals surface area contributed by atoms with Crippen LogP contribution in [0, 0.1) is 0 Å². The lowest BCUT2D eigenvalue weighted by Crippen LogP contribution is -2.46. The summed E-state index contributed by atoms with van der Waals surface area (Å²) in [6, 6.07) is 2.82. The monoisotopic (exact) mass is 663 g/mol. The third-order valence-electron chi connectivity index (χ3n) is 6.74. The SMILES string of the molecule is NC(=O)c1ccc[n+]([C@@H]2O[C@H](COP(=O)([O-])OP(=O)(O)OC[C@@H]3O[C@H](n4cnc5c(N)ncnc54)C(O)[C@@H]3O)C(O)[C@@H]2O)c1. The van der Waals surface area contributed by atoms with E-state index in [4.69, 9.17) is 20.9 Å². The number of anilines is 1. The van der Waals surface area contributed by atoms with E-state index in [9.17, 15) is 44.1 Å². The topological polar surface area (TPSA) is 321 Å². The van der Waals surface area contributed by atoms with Crippen LogP contribution < -0.4 is 20.9 Å². The summed E-state index contributed by atoms with van der Waals surface area (Å²) in [7, 11) is -11.0.